The topological polar surface area (TPSA) is 44.9 Å². The molecule has 19 heavy (non-hydrogen) atoms. The van der Waals surface area contributed by atoms with E-state index in [1.807, 2.05) is 6.07 Å². The molecule has 0 aliphatic heterocycles. The van der Waals surface area contributed by atoms with Gasteiger partial charge in [-0.25, -0.2) is 4.39 Å². The first-order valence-corrected chi connectivity index (χ1v) is 7.15. The summed E-state index contributed by atoms with van der Waals surface area (Å²) < 4.78 is 13.3. The molecule has 0 saturated heterocycles. The lowest BCUT2D eigenvalue weighted by Gasteiger charge is -2.05. The smallest absolute Gasteiger partial charge is 0.267 e. The fourth-order valence-corrected chi connectivity index (χ4v) is 2.45. The molecule has 0 saturated carbocycles. The summed E-state index contributed by atoms with van der Waals surface area (Å²) in [6, 6.07) is 10.2. The van der Waals surface area contributed by atoms with Gasteiger partial charge in [-0.3, -0.25) is 4.79 Å². The van der Waals surface area contributed by atoms with Crippen LogP contribution in [0.2, 0.25) is 0 Å². The Labute approximate surface area is 115 Å². The third-order valence-electron chi connectivity index (χ3n) is 2.59. The van der Waals surface area contributed by atoms with Crippen LogP contribution in [0.3, 0.4) is 0 Å². The van der Waals surface area contributed by atoms with E-state index < -0.39 is 0 Å². The lowest BCUT2D eigenvalue weighted by atomic mass is 10.2. The van der Waals surface area contributed by atoms with Crippen molar-refractivity contribution in [2.45, 2.75) is 5.75 Å². The van der Waals surface area contributed by atoms with Crippen molar-refractivity contribution in [3.05, 3.63) is 59.7 Å². The predicted octanol–water partition coefficient (Wildman–Crippen LogP) is 2.82. The molecule has 0 aliphatic rings. The normalized spacial score (nSPS) is 10.4. The first-order valence-electron chi connectivity index (χ1n) is 6.00. The number of amides is 1. The van der Waals surface area contributed by atoms with E-state index in [-0.39, 0.29) is 11.7 Å². The molecule has 2 rings (SSSR count). The van der Waals surface area contributed by atoms with Crippen molar-refractivity contribution in [1.82, 2.24) is 10.3 Å². The lowest BCUT2D eigenvalue weighted by Crippen LogP contribution is -2.25. The summed E-state index contributed by atoms with van der Waals surface area (Å²) >= 11 is 1.59. The van der Waals surface area contributed by atoms with Crippen LogP contribution in [0, 0.1) is 5.82 Å². The van der Waals surface area contributed by atoms with E-state index in [4.69, 9.17) is 0 Å². The van der Waals surface area contributed by atoms with Gasteiger partial charge in [0.2, 0.25) is 0 Å². The average Bonchev–Trinajstić information content (AvgIpc) is 2.94. The van der Waals surface area contributed by atoms with Gasteiger partial charge in [-0.2, -0.15) is 11.8 Å². The summed E-state index contributed by atoms with van der Waals surface area (Å²) in [7, 11) is 0. The Morgan fingerprint density at radius 2 is 2.11 bits per heavy atom. The highest BCUT2D eigenvalue weighted by Crippen LogP contribution is 2.14. The summed E-state index contributed by atoms with van der Waals surface area (Å²) in [4.78, 5) is 14.4. The molecular weight excluding hydrogens is 263 g/mol. The van der Waals surface area contributed by atoms with Crippen LogP contribution in [0.15, 0.2) is 42.6 Å². The fourth-order valence-electron chi connectivity index (χ4n) is 1.60. The van der Waals surface area contributed by atoms with Crippen molar-refractivity contribution >= 4 is 17.7 Å². The molecule has 0 unspecified atom stereocenters. The maximum atomic E-state index is 13.3. The fraction of sp³-hybridized carbons (Fsp3) is 0.214. The highest BCUT2D eigenvalue weighted by atomic mass is 32.2. The minimum absolute atomic E-state index is 0.114. The molecule has 2 aromatic rings. The van der Waals surface area contributed by atoms with Crippen molar-refractivity contribution in [3.8, 4) is 0 Å². The molecule has 5 heteroatoms. The van der Waals surface area contributed by atoms with Gasteiger partial charge in [0.25, 0.3) is 5.91 Å². The Balaban J connectivity index is 1.65. The van der Waals surface area contributed by atoms with Gasteiger partial charge in [-0.05, 0) is 23.8 Å². The monoisotopic (exact) mass is 278 g/mol. The Kier molecular flexibility index (Phi) is 5.03. The van der Waals surface area contributed by atoms with Crippen LogP contribution >= 0.6 is 11.8 Å². The molecule has 0 radical (unpaired) electrons. The van der Waals surface area contributed by atoms with Crippen LogP contribution < -0.4 is 5.32 Å². The maximum Gasteiger partial charge on any atom is 0.267 e. The van der Waals surface area contributed by atoms with Gasteiger partial charge < -0.3 is 10.3 Å². The van der Waals surface area contributed by atoms with Gasteiger partial charge in [-0.15, -0.1) is 0 Å². The molecule has 0 spiro atoms. The van der Waals surface area contributed by atoms with E-state index in [1.54, 1.807) is 42.2 Å². The molecule has 0 bridgehead atoms. The van der Waals surface area contributed by atoms with E-state index in [9.17, 15) is 9.18 Å². The number of rotatable bonds is 6. The number of thioether (sulfide) groups is 1. The summed E-state index contributed by atoms with van der Waals surface area (Å²) in [5.41, 5.74) is 1.25. The van der Waals surface area contributed by atoms with E-state index in [2.05, 4.69) is 10.3 Å². The van der Waals surface area contributed by atoms with Crippen molar-refractivity contribution in [1.29, 1.82) is 0 Å². The van der Waals surface area contributed by atoms with E-state index in [0.717, 1.165) is 5.75 Å². The van der Waals surface area contributed by atoms with Gasteiger partial charge in [0.05, 0.1) is 0 Å². The van der Waals surface area contributed by atoms with Crippen LogP contribution in [-0.2, 0) is 5.75 Å². The van der Waals surface area contributed by atoms with Crippen LogP contribution in [0.25, 0.3) is 0 Å². The van der Waals surface area contributed by atoms with Gasteiger partial charge in [0, 0.05) is 24.2 Å². The molecule has 0 aliphatic carbocycles. The van der Waals surface area contributed by atoms with Gasteiger partial charge in [0.15, 0.2) is 0 Å². The Morgan fingerprint density at radius 3 is 2.84 bits per heavy atom. The molecule has 0 fully saturated rings. The number of halogens is 1. The second-order valence-corrected chi connectivity index (χ2v) is 5.09. The van der Waals surface area contributed by atoms with E-state index in [1.165, 1.54) is 6.07 Å². The minimum atomic E-state index is -0.176. The van der Waals surface area contributed by atoms with Crippen LogP contribution in [-0.4, -0.2) is 23.2 Å². The van der Waals surface area contributed by atoms with Gasteiger partial charge in [0.1, 0.15) is 11.5 Å². The molecule has 1 aromatic carbocycles. The zero-order chi connectivity index (χ0) is 13.5. The van der Waals surface area contributed by atoms with Crippen LogP contribution in [0.4, 0.5) is 4.39 Å². The molecule has 1 heterocycles. The standard InChI is InChI=1S/C14H15FN2OS/c15-12-5-2-1-4-11(12)10-19-9-8-17-14(18)13-6-3-7-16-13/h1-7,16H,8-10H2,(H,17,18). The minimum Gasteiger partial charge on any atom is -0.357 e. The average molecular weight is 278 g/mol. The number of aromatic nitrogens is 1. The highest BCUT2D eigenvalue weighted by molar-refractivity contribution is 7.98. The summed E-state index contributed by atoms with van der Waals surface area (Å²) in [5.74, 6) is 1.08. The summed E-state index contributed by atoms with van der Waals surface area (Å²) in [6.45, 7) is 0.566. The summed E-state index contributed by atoms with van der Waals surface area (Å²) in [6.07, 6.45) is 1.71. The Bertz CT molecular complexity index is 528. The van der Waals surface area contributed by atoms with Crippen molar-refractivity contribution in [2.75, 3.05) is 12.3 Å². The second-order valence-electron chi connectivity index (χ2n) is 3.98. The Morgan fingerprint density at radius 1 is 1.26 bits per heavy atom. The van der Waals surface area contributed by atoms with Crippen LogP contribution in [0.1, 0.15) is 16.1 Å². The zero-order valence-corrected chi connectivity index (χ0v) is 11.2. The van der Waals surface area contributed by atoms with E-state index in [0.29, 0.717) is 23.6 Å². The van der Waals surface area contributed by atoms with Gasteiger partial charge in [-0.1, -0.05) is 18.2 Å². The molecule has 0 atom stereocenters. The maximum absolute atomic E-state index is 13.3. The number of nitrogens with one attached hydrogen (secondary N) is 2. The number of benzene rings is 1. The third kappa shape index (κ3) is 4.13. The lowest BCUT2D eigenvalue weighted by molar-refractivity contribution is 0.0952. The van der Waals surface area contributed by atoms with Crippen LogP contribution in [0.5, 0.6) is 0 Å². The molecular formula is C14H15FN2OS. The quantitative estimate of drug-likeness (QED) is 0.798. The van der Waals surface area contributed by atoms with Crippen molar-refractivity contribution in [3.63, 3.8) is 0 Å². The van der Waals surface area contributed by atoms with Crippen molar-refractivity contribution < 1.29 is 9.18 Å². The number of hydrogen-bond donors (Lipinski definition) is 2. The second kappa shape index (κ2) is 6.99. The van der Waals surface area contributed by atoms with Crippen molar-refractivity contribution in [2.24, 2.45) is 0 Å². The van der Waals surface area contributed by atoms with Gasteiger partial charge >= 0.3 is 0 Å². The molecule has 100 valence electrons. The number of hydrogen-bond acceptors (Lipinski definition) is 2. The molecule has 1 amide bonds. The highest BCUT2D eigenvalue weighted by Gasteiger charge is 2.04. The largest absolute Gasteiger partial charge is 0.357 e. The molecule has 1 aromatic heterocycles. The summed E-state index contributed by atoms with van der Waals surface area (Å²) in [5, 5.41) is 2.80. The number of carbonyl (C=O) groups excluding carboxylic acids is 1. The molecule has 2 N–H and O–H groups in total. The number of aromatic amines is 1. The predicted molar refractivity (Wildman–Crippen MR) is 75.7 cm³/mol. The number of H-pyrrole nitrogens is 1. The SMILES string of the molecule is O=C(NCCSCc1ccccc1F)c1ccc[nH]1. The number of carbonyl (C=O) groups is 1. The molecule has 3 nitrogen and oxygen atoms in total. The van der Waals surface area contributed by atoms with E-state index >= 15 is 0 Å². The Hall–Kier alpha value is -1.75. The zero-order valence-electron chi connectivity index (χ0n) is 10.4. The third-order valence-corrected chi connectivity index (χ3v) is 3.60. The first kappa shape index (κ1) is 13.7. The first-order chi connectivity index (χ1) is 9.27.